The van der Waals surface area contributed by atoms with Gasteiger partial charge in [0.1, 0.15) is 6.10 Å². The topological polar surface area (TPSA) is 47.0 Å². The van der Waals surface area contributed by atoms with E-state index in [0.29, 0.717) is 0 Å². The van der Waals surface area contributed by atoms with Crippen LogP contribution in [0.25, 0.3) is 11.4 Å². The first kappa shape index (κ1) is 10.2. The van der Waals surface area contributed by atoms with Gasteiger partial charge in [-0.25, -0.2) is 9.97 Å². The smallest absolute Gasteiger partial charge is 0.159 e. The van der Waals surface area contributed by atoms with Gasteiger partial charge in [-0.2, -0.15) is 0 Å². The van der Waals surface area contributed by atoms with Crippen molar-refractivity contribution in [3.63, 3.8) is 0 Å². The van der Waals surface area contributed by atoms with Crippen LogP contribution in [0.4, 0.5) is 0 Å². The van der Waals surface area contributed by atoms with E-state index in [2.05, 4.69) is 15.3 Å². The first-order valence-corrected chi connectivity index (χ1v) is 5.67. The quantitative estimate of drug-likeness (QED) is 0.863. The molecule has 0 bridgehead atoms. The fourth-order valence-corrected chi connectivity index (χ4v) is 1.65. The first-order chi connectivity index (χ1) is 8.42. The Balaban J connectivity index is 1.75. The Bertz CT molecular complexity index is 480. The van der Waals surface area contributed by atoms with Crippen molar-refractivity contribution in [1.29, 1.82) is 0 Å². The lowest BCUT2D eigenvalue weighted by Crippen LogP contribution is -2.50. The third-order valence-corrected chi connectivity index (χ3v) is 2.71. The van der Waals surface area contributed by atoms with Crippen molar-refractivity contribution in [2.75, 3.05) is 13.1 Å². The molecule has 0 amide bonds. The summed E-state index contributed by atoms with van der Waals surface area (Å²) >= 11 is 0. The van der Waals surface area contributed by atoms with E-state index in [0.717, 1.165) is 30.2 Å². The van der Waals surface area contributed by atoms with E-state index in [-0.39, 0.29) is 6.10 Å². The molecule has 1 aliphatic heterocycles. The summed E-state index contributed by atoms with van der Waals surface area (Å²) in [5.41, 5.74) is 1.02. The molecule has 0 unspecified atom stereocenters. The lowest BCUT2D eigenvalue weighted by atomic mass is 10.2. The highest BCUT2D eigenvalue weighted by molar-refractivity contribution is 5.54. The summed E-state index contributed by atoms with van der Waals surface area (Å²) in [6, 6.07) is 9.91. The minimum absolute atomic E-state index is 0.265. The molecular formula is C13H13N3O. The number of nitrogens with zero attached hydrogens (tertiary/aromatic N) is 2. The average molecular weight is 227 g/mol. The van der Waals surface area contributed by atoms with E-state index < -0.39 is 0 Å². The maximum atomic E-state index is 5.65. The van der Waals surface area contributed by atoms with Crippen LogP contribution in [0.15, 0.2) is 42.7 Å². The van der Waals surface area contributed by atoms with Crippen molar-refractivity contribution < 1.29 is 4.74 Å². The largest absolute Gasteiger partial charge is 0.485 e. The molecule has 4 heteroatoms. The summed E-state index contributed by atoms with van der Waals surface area (Å²) in [4.78, 5) is 8.61. The molecule has 0 aliphatic carbocycles. The van der Waals surface area contributed by atoms with Crippen LogP contribution in [0.1, 0.15) is 0 Å². The molecule has 0 radical (unpaired) electrons. The Labute approximate surface area is 99.7 Å². The molecule has 1 aliphatic rings. The van der Waals surface area contributed by atoms with Crippen molar-refractivity contribution in [3.05, 3.63) is 42.7 Å². The van der Waals surface area contributed by atoms with Gasteiger partial charge in [-0.3, -0.25) is 0 Å². The Morgan fingerprint density at radius 2 is 1.76 bits per heavy atom. The number of nitrogens with one attached hydrogen (secondary N) is 1. The van der Waals surface area contributed by atoms with E-state index in [9.17, 15) is 0 Å². The summed E-state index contributed by atoms with van der Waals surface area (Å²) in [6.07, 6.45) is 3.72. The molecule has 86 valence electrons. The second kappa shape index (κ2) is 4.51. The van der Waals surface area contributed by atoms with Gasteiger partial charge in [0.15, 0.2) is 11.6 Å². The molecule has 1 aromatic carbocycles. The lowest BCUT2D eigenvalue weighted by molar-refractivity contribution is 0.141. The first-order valence-electron chi connectivity index (χ1n) is 5.67. The highest BCUT2D eigenvalue weighted by Gasteiger charge is 2.18. The van der Waals surface area contributed by atoms with Crippen LogP contribution >= 0.6 is 0 Å². The van der Waals surface area contributed by atoms with Crippen molar-refractivity contribution in [1.82, 2.24) is 15.3 Å². The number of benzene rings is 1. The fourth-order valence-electron chi connectivity index (χ4n) is 1.65. The second-order valence-electron chi connectivity index (χ2n) is 4.01. The van der Waals surface area contributed by atoms with E-state index in [4.69, 9.17) is 4.74 Å². The lowest BCUT2D eigenvalue weighted by Gasteiger charge is -2.27. The standard InChI is InChI=1S/C13H13N3O/c1-2-4-10(5-3-1)13-15-8-12(9-16-13)17-11-6-14-7-11/h1-5,8-9,11,14H,6-7H2. The van der Waals surface area contributed by atoms with E-state index in [1.54, 1.807) is 12.4 Å². The zero-order chi connectivity index (χ0) is 11.5. The van der Waals surface area contributed by atoms with Crippen LogP contribution in [0, 0.1) is 0 Å². The Morgan fingerprint density at radius 1 is 1.06 bits per heavy atom. The maximum absolute atomic E-state index is 5.65. The van der Waals surface area contributed by atoms with Gasteiger partial charge in [-0.1, -0.05) is 30.3 Å². The summed E-state index contributed by atoms with van der Waals surface area (Å²) < 4.78 is 5.65. The molecule has 1 fully saturated rings. The summed E-state index contributed by atoms with van der Waals surface area (Å²) in [6.45, 7) is 1.81. The average Bonchev–Trinajstić information content (AvgIpc) is 2.36. The third-order valence-electron chi connectivity index (χ3n) is 2.71. The van der Waals surface area contributed by atoms with Crippen LogP contribution in [-0.2, 0) is 0 Å². The Kier molecular flexibility index (Phi) is 2.71. The van der Waals surface area contributed by atoms with Gasteiger partial charge in [0.05, 0.1) is 12.4 Å². The molecular weight excluding hydrogens is 214 g/mol. The van der Waals surface area contributed by atoms with Crippen molar-refractivity contribution in [2.45, 2.75) is 6.10 Å². The summed E-state index contributed by atoms with van der Waals surface area (Å²) in [5.74, 6) is 1.46. The second-order valence-corrected chi connectivity index (χ2v) is 4.01. The minimum atomic E-state index is 0.265. The molecule has 17 heavy (non-hydrogen) atoms. The van der Waals surface area contributed by atoms with Crippen molar-refractivity contribution >= 4 is 0 Å². The maximum Gasteiger partial charge on any atom is 0.159 e. The van der Waals surface area contributed by atoms with E-state index in [1.807, 2.05) is 30.3 Å². The highest BCUT2D eigenvalue weighted by atomic mass is 16.5. The van der Waals surface area contributed by atoms with Gasteiger partial charge >= 0.3 is 0 Å². The van der Waals surface area contributed by atoms with Gasteiger partial charge in [-0.05, 0) is 0 Å². The number of aromatic nitrogens is 2. The minimum Gasteiger partial charge on any atom is -0.485 e. The Morgan fingerprint density at radius 3 is 2.35 bits per heavy atom. The van der Waals surface area contributed by atoms with Crippen molar-refractivity contribution in [2.24, 2.45) is 0 Å². The molecule has 4 nitrogen and oxygen atoms in total. The monoisotopic (exact) mass is 227 g/mol. The molecule has 1 saturated heterocycles. The highest BCUT2D eigenvalue weighted by Crippen LogP contribution is 2.17. The molecule has 1 N–H and O–H groups in total. The molecule has 0 atom stereocenters. The SMILES string of the molecule is c1ccc(-c2ncc(OC3CNC3)cn2)cc1. The van der Waals surface area contributed by atoms with Gasteiger partial charge in [0.2, 0.25) is 0 Å². The number of rotatable bonds is 3. The zero-order valence-corrected chi connectivity index (χ0v) is 9.34. The van der Waals surface area contributed by atoms with Crippen LogP contribution in [-0.4, -0.2) is 29.2 Å². The number of ether oxygens (including phenoxy) is 1. The van der Waals surface area contributed by atoms with Gasteiger partial charge in [0, 0.05) is 18.7 Å². The van der Waals surface area contributed by atoms with Crippen LogP contribution in [0.5, 0.6) is 5.75 Å². The van der Waals surface area contributed by atoms with Crippen molar-refractivity contribution in [3.8, 4) is 17.1 Å². The van der Waals surface area contributed by atoms with E-state index in [1.165, 1.54) is 0 Å². The van der Waals surface area contributed by atoms with Gasteiger partial charge in [0.25, 0.3) is 0 Å². The normalized spacial score (nSPS) is 15.3. The number of hydrogen-bond acceptors (Lipinski definition) is 4. The Hall–Kier alpha value is -1.94. The fraction of sp³-hybridized carbons (Fsp3) is 0.231. The zero-order valence-electron chi connectivity index (χ0n) is 9.34. The van der Waals surface area contributed by atoms with Gasteiger partial charge < -0.3 is 10.1 Å². The van der Waals surface area contributed by atoms with Crippen LogP contribution < -0.4 is 10.1 Å². The molecule has 1 aromatic heterocycles. The van der Waals surface area contributed by atoms with Crippen LogP contribution in [0.3, 0.4) is 0 Å². The number of hydrogen-bond donors (Lipinski definition) is 1. The third kappa shape index (κ3) is 2.26. The molecule has 0 saturated carbocycles. The molecule has 3 rings (SSSR count). The molecule has 2 heterocycles. The van der Waals surface area contributed by atoms with E-state index >= 15 is 0 Å². The van der Waals surface area contributed by atoms with Gasteiger partial charge in [-0.15, -0.1) is 0 Å². The predicted octanol–water partition coefficient (Wildman–Crippen LogP) is 1.49. The molecule has 2 aromatic rings. The van der Waals surface area contributed by atoms with Crippen LogP contribution in [0.2, 0.25) is 0 Å². The predicted molar refractivity (Wildman–Crippen MR) is 64.8 cm³/mol. The summed E-state index contributed by atoms with van der Waals surface area (Å²) in [5, 5.41) is 3.15. The molecule has 0 spiro atoms. The summed E-state index contributed by atoms with van der Waals surface area (Å²) in [7, 11) is 0.